The summed E-state index contributed by atoms with van der Waals surface area (Å²) in [6.45, 7) is 3.17. The number of hydrogen-bond acceptors (Lipinski definition) is 3. The smallest absolute Gasteiger partial charge is 0.328 e. The molecule has 5 nitrogen and oxygen atoms in total. The van der Waals surface area contributed by atoms with Crippen LogP contribution in [0.15, 0.2) is 21.4 Å². The van der Waals surface area contributed by atoms with Gasteiger partial charge in [0.1, 0.15) is 0 Å². The Morgan fingerprint density at radius 1 is 1.16 bits per heavy atom. The number of nitrogens with zero attached hydrogens (tertiary/aromatic N) is 3. The van der Waals surface area contributed by atoms with Crippen LogP contribution in [0.5, 0.6) is 0 Å². The molecule has 3 rings (SSSR count). The summed E-state index contributed by atoms with van der Waals surface area (Å²) >= 11 is 3.54. The van der Waals surface area contributed by atoms with Crippen molar-refractivity contribution < 1.29 is 4.74 Å². The highest BCUT2D eigenvalue weighted by Gasteiger charge is 2.19. The van der Waals surface area contributed by atoms with Crippen LogP contribution in [0, 0.1) is 0 Å². The van der Waals surface area contributed by atoms with Crippen molar-refractivity contribution in [2.24, 2.45) is 14.1 Å². The Balaban J connectivity index is 2.28. The first kappa shape index (κ1) is 12.7. The Hall–Kier alpha value is -1.27. The summed E-state index contributed by atoms with van der Waals surface area (Å²) in [4.78, 5) is 14.4. The van der Waals surface area contributed by atoms with Crippen LogP contribution in [-0.4, -0.2) is 35.4 Å². The van der Waals surface area contributed by atoms with Crippen molar-refractivity contribution in [3.8, 4) is 0 Å². The normalized spacial score (nSPS) is 16.3. The van der Waals surface area contributed by atoms with Crippen molar-refractivity contribution >= 4 is 32.7 Å². The molecule has 0 amide bonds. The van der Waals surface area contributed by atoms with Crippen LogP contribution in [0.2, 0.25) is 0 Å². The van der Waals surface area contributed by atoms with Crippen LogP contribution < -0.4 is 10.6 Å². The van der Waals surface area contributed by atoms with Gasteiger partial charge >= 0.3 is 5.69 Å². The van der Waals surface area contributed by atoms with E-state index in [-0.39, 0.29) is 5.69 Å². The quantitative estimate of drug-likeness (QED) is 0.797. The number of imidazole rings is 1. The van der Waals surface area contributed by atoms with Crippen molar-refractivity contribution in [1.29, 1.82) is 0 Å². The molecule has 1 aliphatic rings. The molecule has 0 radical (unpaired) electrons. The van der Waals surface area contributed by atoms with Gasteiger partial charge in [-0.15, -0.1) is 0 Å². The van der Waals surface area contributed by atoms with E-state index in [1.165, 1.54) is 0 Å². The highest BCUT2D eigenvalue weighted by molar-refractivity contribution is 9.10. The number of anilines is 1. The van der Waals surface area contributed by atoms with E-state index in [0.29, 0.717) is 0 Å². The molecule has 0 spiro atoms. The molecule has 0 bridgehead atoms. The Kier molecular flexibility index (Phi) is 3.14. The Labute approximate surface area is 119 Å². The Morgan fingerprint density at radius 3 is 2.53 bits per heavy atom. The predicted molar refractivity (Wildman–Crippen MR) is 78.9 cm³/mol. The molecule has 0 N–H and O–H groups in total. The van der Waals surface area contributed by atoms with Crippen molar-refractivity contribution in [3.63, 3.8) is 0 Å². The van der Waals surface area contributed by atoms with Crippen molar-refractivity contribution in [1.82, 2.24) is 9.13 Å². The molecule has 1 aromatic carbocycles. The lowest BCUT2D eigenvalue weighted by atomic mass is 10.2. The molecule has 2 aromatic rings. The number of ether oxygens (including phenoxy) is 1. The largest absolute Gasteiger partial charge is 0.378 e. The number of hydrogen-bond donors (Lipinski definition) is 0. The van der Waals surface area contributed by atoms with E-state index in [9.17, 15) is 4.79 Å². The Bertz CT molecular complexity index is 683. The number of halogens is 1. The van der Waals surface area contributed by atoms with Crippen LogP contribution in [0.3, 0.4) is 0 Å². The van der Waals surface area contributed by atoms with Crippen LogP contribution in [0.25, 0.3) is 11.0 Å². The third kappa shape index (κ3) is 1.99. The maximum atomic E-state index is 12.1. The van der Waals surface area contributed by atoms with E-state index < -0.39 is 0 Å². The van der Waals surface area contributed by atoms with Crippen molar-refractivity contribution in [3.05, 3.63) is 27.1 Å². The predicted octanol–water partition coefficient (Wildman–Crippen LogP) is 1.48. The standard InChI is InChI=1S/C13H16BrN3O2/c1-15-10-7-9(14)8-11(12(10)16(2)13(15)18)17-3-5-19-6-4-17/h7-8H,3-6H2,1-2H3. The SMILES string of the molecule is Cn1c(=O)n(C)c2c(N3CCOCC3)cc(Br)cc21. The van der Waals surface area contributed by atoms with Gasteiger partial charge in [0.25, 0.3) is 0 Å². The van der Waals surface area contributed by atoms with E-state index in [1.807, 2.05) is 13.1 Å². The summed E-state index contributed by atoms with van der Waals surface area (Å²) in [6.07, 6.45) is 0. The lowest BCUT2D eigenvalue weighted by Crippen LogP contribution is -2.36. The third-order valence-electron chi connectivity index (χ3n) is 3.66. The second-order valence-electron chi connectivity index (χ2n) is 4.79. The summed E-state index contributed by atoms with van der Waals surface area (Å²) in [6, 6.07) is 4.06. The van der Waals surface area contributed by atoms with Gasteiger partial charge in [-0.2, -0.15) is 0 Å². The molecule has 6 heteroatoms. The number of fused-ring (bicyclic) bond motifs is 1. The molecular weight excluding hydrogens is 310 g/mol. The average molecular weight is 326 g/mol. The van der Waals surface area contributed by atoms with Gasteiger partial charge in [0, 0.05) is 31.7 Å². The van der Waals surface area contributed by atoms with Gasteiger partial charge in [0.05, 0.1) is 29.9 Å². The third-order valence-corrected chi connectivity index (χ3v) is 4.11. The van der Waals surface area contributed by atoms with Gasteiger partial charge in [-0.1, -0.05) is 15.9 Å². The van der Waals surface area contributed by atoms with Gasteiger partial charge in [-0.25, -0.2) is 4.79 Å². The summed E-state index contributed by atoms with van der Waals surface area (Å²) in [5.41, 5.74) is 3.02. The van der Waals surface area contributed by atoms with Gasteiger partial charge in [0.2, 0.25) is 0 Å². The molecule has 0 aliphatic carbocycles. The molecule has 0 saturated carbocycles. The molecule has 0 atom stereocenters. The zero-order chi connectivity index (χ0) is 13.6. The maximum Gasteiger partial charge on any atom is 0.328 e. The van der Waals surface area contributed by atoms with Crippen LogP contribution >= 0.6 is 15.9 Å². The molecule has 102 valence electrons. The fourth-order valence-electron chi connectivity index (χ4n) is 2.64. The molecule has 1 aromatic heterocycles. The van der Waals surface area contributed by atoms with E-state index >= 15 is 0 Å². The van der Waals surface area contributed by atoms with E-state index in [4.69, 9.17) is 4.74 Å². The first-order valence-corrected chi connectivity index (χ1v) is 7.06. The van der Waals surface area contributed by atoms with E-state index in [1.54, 1.807) is 16.2 Å². The molecule has 1 fully saturated rings. The average Bonchev–Trinajstić information content (AvgIpc) is 2.64. The lowest BCUT2D eigenvalue weighted by Gasteiger charge is -2.29. The number of aromatic nitrogens is 2. The fourth-order valence-corrected chi connectivity index (χ4v) is 3.07. The summed E-state index contributed by atoms with van der Waals surface area (Å²) < 4.78 is 9.78. The zero-order valence-corrected chi connectivity index (χ0v) is 12.6. The number of morpholine rings is 1. The second-order valence-corrected chi connectivity index (χ2v) is 5.71. The van der Waals surface area contributed by atoms with E-state index in [0.717, 1.165) is 47.5 Å². The Morgan fingerprint density at radius 2 is 1.84 bits per heavy atom. The molecular formula is C13H16BrN3O2. The lowest BCUT2D eigenvalue weighted by molar-refractivity contribution is 0.123. The van der Waals surface area contributed by atoms with Crippen LogP contribution in [0.4, 0.5) is 5.69 Å². The van der Waals surface area contributed by atoms with Crippen LogP contribution in [-0.2, 0) is 18.8 Å². The molecule has 1 aliphatic heterocycles. The zero-order valence-electron chi connectivity index (χ0n) is 11.0. The number of aryl methyl sites for hydroxylation is 2. The van der Waals surface area contributed by atoms with E-state index in [2.05, 4.69) is 26.9 Å². The summed E-state index contributed by atoms with van der Waals surface area (Å²) in [5, 5.41) is 0. The monoisotopic (exact) mass is 325 g/mol. The summed E-state index contributed by atoms with van der Waals surface area (Å²) in [5.74, 6) is 0. The minimum atomic E-state index is 0.00242. The fraction of sp³-hybridized carbons (Fsp3) is 0.462. The number of rotatable bonds is 1. The topological polar surface area (TPSA) is 39.4 Å². The minimum Gasteiger partial charge on any atom is -0.378 e. The first-order valence-electron chi connectivity index (χ1n) is 6.27. The molecule has 19 heavy (non-hydrogen) atoms. The highest BCUT2D eigenvalue weighted by atomic mass is 79.9. The van der Waals surface area contributed by atoms with Gasteiger partial charge in [-0.05, 0) is 12.1 Å². The van der Waals surface area contributed by atoms with Crippen molar-refractivity contribution in [2.75, 3.05) is 31.2 Å². The van der Waals surface area contributed by atoms with Gasteiger partial charge in [0.15, 0.2) is 0 Å². The van der Waals surface area contributed by atoms with Crippen LogP contribution in [0.1, 0.15) is 0 Å². The van der Waals surface area contributed by atoms with Crippen molar-refractivity contribution in [2.45, 2.75) is 0 Å². The van der Waals surface area contributed by atoms with Gasteiger partial charge < -0.3 is 9.64 Å². The summed E-state index contributed by atoms with van der Waals surface area (Å²) in [7, 11) is 3.63. The highest BCUT2D eigenvalue weighted by Crippen LogP contribution is 2.30. The number of benzene rings is 1. The first-order chi connectivity index (χ1) is 9.09. The minimum absolute atomic E-state index is 0.00242. The molecule has 2 heterocycles. The second kappa shape index (κ2) is 4.68. The molecule has 0 unspecified atom stereocenters. The maximum absolute atomic E-state index is 12.1. The molecule has 1 saturated heterocycles. The van der Waals surface area contributed by atoms with Gasteiger partial charge in [-0.3, -0.25) is 9.13 Å².